The summed E-state index contributed by atoms with van der Waals surface area (Å²) in [4.78, 5) is 10.9. The van der Waals surface area contributed by atoms with Gasteiger partial charge in [-0.3, -0.25) is 4.79 Å². The van der Waals surface area contributed by atoms with Crippen LogP contribution < -0.4 is 4.72 Å². The van der Waals surface area contributed by atoms with E-state index in [4.69, 9.17) is 16.7 Å². The molecule has 1 atom stereocenters. The van der Waals surface area contributed by atoms with Gasteiger partial charge in [-0.25, -0.2) is 8.42 Å². The fraction of sp³-hybridized carbons (Fsp3) is 0.364. The van der Waals surface area contributed by atoms with E-state index in [0.717, 1.165) is 0 Å². The second-order valence-corrected chi connectivity index (χ2v) is 5.91. The van der Waals surface area contributed by atoms with Crippen molar-refractivity contribution in [2.45, 2.75) is 30.7 Å². The van der Waals surface area contributed by atoms with E-state index < -0.39 is 22.0 Å². The molecule has 0 heterocycles. The summed E-state index contributed by atoms with van der Waals surface area (Å²) in [6.07, 6.45) is 0.808. The Morgan fingerprint density at radius 3 is 2.39 bits per heavy atom. The highest BCUT2D eigenvalue weighted by Gasteiger charge is 2.24. The van der Waals surface area contributed by atoms with Crippen molar-refractivity contribution in [3.63, 3.8) is 0 Å². The molecular formula is C11H14ClNO4S. The van der Waals surface area contributed by atoms with E-state index in [9.17, 15) is 13.2 Å². The molecule has 0 amide bonds. The van der Waals surface area contributed by atoms with E-state index in [-0.39, 0.29) is 11.3 Å². The number of benzene rings is 1. The first-order valence-corrected chi connectivity index (χ1v) is 7.23. The molecular weight excluding hydrogens is 278 g/mol. The molecule has 0 saturated heterocycles. The predicted octanol–water partition coefficient (Wildman–Crippen LogP) is 1.87. The Morgan fingerprint density at radius 1 is 1.39 bits per heavy atom. The minimum atomic E-state index is -3.83. The molecule has 7 heteroatoms. The molecule has 1 unspecified atom stereocenters. The Kier molecular flexibility index (Phi) is 5.13. The number of nitrogens with one attached hydrogen (secondary N) is 1. The molecule has 0 bridgehead atoms. The molecule has 0 radical (unpaired) electrons. The third-order valence-corrected chi connectivity index (χ3v) is 4.04. The van der Waals surface area contributed by atoms with Crippen LogP contribution in [0.3, 0.4) is 0 Å². The van der Waals surface area contributed by atoms with E-state index in [1.165, 1.54) is 24.3 Å². The minimum Gasteiger partial charge on any atom is -0.480 e. The fourth-order valence-electron chi connectivity index (χ4n) is 1.39. The summed E-state index contributed by atoms with van der Waals surface area (Å²) in [7, 11) is -3.83. The van der Waals surface area contributed by atoms with Crippen molar-refractivity contribution in [1.29, 1.82) is 0 Å². The van der Waals surface area contributed by atoms with Crippen LogP contribution in [-0.4, -0.2) is 25.5 Å². The molecule has 1 aromatic carbocycles. The van der Waals surface area contributed by atoms with Gasteiger partial charge >= 0.3 is 5.97 Å². The van der Waals surface area contributed by atoms with Gasteiger partial charge < -0.3 is 5.11 Å². The maximum Gasteiger partial charge on any atom is 0.321 e. The van der Waals surface area contributed by atoms with Gasteiger partial charge in [0.2, 0.25) is 10.0 Å². The Morgan fingerprint density at radius 2 is 1.94 bits per heavy atom. The number of hydrogen-bond acceptors (Lipinski definition) is 3. The molecule has 0 spiro atoms. The number of sulfonamides is 1. The molecule has 0 saturated carbocycles. The highest BCUT2D eigenvalue weighted by Crippen LogP contribution is 2.14. The Labute approximate surface area is 111 Å². The van der Waals surface area contributed by atoms with Crippen LogP contribution in [0, 0.1) is 0 Å². The van der Waals surface area contributed by atoms with Crippen LogP contribution in [0.1, 0.15) is 19.8 Å². The maximum absolute atomic E-state index is 11.9. The van der Waals surface area contributed by atoms with Crippen molar-refractivity contribution in [2.75, 3.05) is 0 Å². The maximum atomic E-state index is 11.9. The topological polar surface area (TPSA) is 83.5 Å². The van der Waals surface area contributed by atoms with Gasteiger partial charge in [0.1, 0.15) is 6.04 Å². The largest absolute Gasteiger partial charge is 0.480 e. The van der Waals surface area contributed by atoms with Crippen molar-refractivity contribution < 1.29 is 18.3 Å². The highest BCUT2D eigenvalue weighted by atomic mass is 35.5. The van der Waals surface area contributed by atoms with Gasteiger partial charge in [-0.1, -0.05) is 24.9 Å². The Balaban J connectivity index is 2.93. The zero-order valence-corrected chi connectivity index (χ0v) is 11.3. The fourth-order valence-corrected chi connectivity index (χ4v) is 2.74. The lowest BCUT2D eigenvalue weighted by molar-refractivity contribution is -0.139. The van der Waals surface area contributed by atoms with Crippen LogP contribution in [0.2, 0.25) is 5.02 Å². The van der Waals surface area contributed by atoms with Gasteiger partial charge in [0.15, 0.2) is 0 Å². The molecule has 5 nitrogen and oxygen atoms in total. The van der Waals surface area contributed by atoms with E-state index in [2.05, 4.69) is 4.72 Å². The predicted molar refractivity (Wildman–Crippen MR) is 68.1 cm³/mol. The van der Waals surface area contributed by atoms with Crippen LogP contribution in [0.25, 0.3) is 0 Å². The van der Waals surface area contributed by atoms with E-state index in [1.807, 2.05) is 0 Å². The summed E-state index contributed by atoms with van der Waals surface area (Å²) < 4.78 is 26.0. The zero-order valence-electron chi connectivity index (χ0n) is 9.76. The standard InChI is InChI=1S/C11H14ClNO4S/c1-2-3-10(11(14)15)13-18(16,17)9-6-4-8(12)5-7-9/h4-7,10,13H,2-3H2,1H3,(H,14,15). The number of hydrogen-bond donors (Lipinski definition) is 2. The summed E-state index contributed by atoms with van der Waals surface area (Å²) in [6.45, 7) is 1.78. The van der Waals surface area contributed by atoms with Crippen LogP contribution in [-0.2, 0) is 14.8 Å². The third-order valence-electron chi connectivity index (χ3n) is 2.30. The second-order valence-electron chi connectivity index (χ2n) is 3.75. The van der Waals surface area contributed by atoms with Crippen molar-refractivity contribution >= 4 is 27.6 Å². The van der Waals surface area contributed by atoms with Crippen LogP contribution in [0.15, 0.2) is 29.2 Å². The van der Waals surface area contributed by atoms with Crippen LogP contribution in [0.5, 0.6) is 0 Å². The molecule has 1 aromatic rings. The molecule has 0 aliphatic carbocycles. The zero-order chi connectivity index (χ0) is 13.8. The monoisotopic (exact) mass is 291 g/mol. The quantitative estimate of drug-likeness (QED) is 0.838. The molecule has 1 rings (SSSR count). The minimum absolute atomic E-state index is 0.00532. The van der Waals surface area contributed by atoms with Crippen molar-refractivity contribution in [2.24, 2.45) is 0 Å². The van der Waals surface area contributed by atoms with Crippen molar-refractivity contribution in [3.8, 4) is 0 Å². The number of aliphatic carboxylic acids is 1. The first-order valence-electron chi connectivity index (χ1n) is 5.37. The first-order chi connectivity index (χ1) is 8.36. The molecule has 0 fully saturated rings. The number of halogens is 1. The van der Waals surface area contributed by atoms with Crippen LogP contribution >= 0.6 is 11.6 Å². The van der Waals surface area contributed by atoms with Crippen LogP contribution in [0.4, 0.5) is 0 Å². The summed E-state index contributed by atoms with van der Waals surface area (Å²) >= 11 is 5.66. The molecule has 18 heavy (non-hydrogen) atoms. The van der Waals surface area contributed by atoms with Gasteiger partial charge in [0, 0.05) is 5.02 Å². The van der Waals surface area contributed by atoms with Gasteiger partial charge in [0.05, 0.1) is 4.90 Å². The average molecular weight is 292 g/mol. The highest BCUT2D eigenvalue weighted by molar-refractivity contribution is 7.89. The summed E-state index contributed by atoms with van der Waals surface area (Å²) in [5.74, 6) is -1.19. The van der Waals surface area contributed by atoms with Gasteiger partial charge in [-0.15, -0.1) is 0 Å². The van der Waals surface area contributed by atoms with E-state index in [0.29, 0.717) is 11.4 Å². The van der Waals surface area contributed by atoms with Gasteiger partial charge in [0.25, 0.3) is 0 Å². The van der Waals surface area contributed by atoms with Gasteiger partial charge in [-0.2, -0.15) is 4.72 Å². The van der Waals surface area contributed by atoms with Crippen molar-refractivity contribution in [3.05, 3.63) is 29.3 Å². The average Bonchev–Trinajstić information content (AvgIpc) is 2.28. The number of carbonyl (C=O) groups is 1. The first kappa shape index (κ1) is 14.9. The molecule has 0 aromatic heterocycles. The summed E-state index contributed by atoms with van der Waals surface area (Å²) in [5, 5.41) is 9.32. The lowest BCUT2D eigenvalue weighted by atomic mass is 10.2. The number of carboxylic acid groups (broad SMARTS) is 1. The number of carboxylic acids is 1. The Hall–Kier alpha value is -1.11. The SMILES string of the molecule is CCCC(NS(=O)(=O)c1ccc(Cl)cc1)C(=O)O. The van der Waals surface area contributed by atoms with E-state index >= 15 is 0 Å². The lowest BCUT2D eigenvalue weighted by Crippen LogP contribution is -2.40. The second kappa shape index (κ2) is 6.17. The molecule has 100 valence electrons. The summed E-state index contributed by atoms with van der Waals surface area (Å²) in [5.41, 5.74) is 0. The smallest absolute Gasteiger partial charge is 0.321 e. The summed E-state index contributed by atoms with van der Waals surface area (Å²) in [6, 6.07) is 4.42. The normalized spacial score (nSPS) is 13.2. The molecule has 0 aliphatic heterocycles. The van der Waals surface area contributed by atoms with E-state index in [1.54, 1.807) is 6.92 Å². The lowest BCUT2D eigenvalue weighted by Gasteiger charge is -2.13. The Bertz CT molecular complexity index is 512. The molecule has 2 N–H and O–H groups in total. The van der Waals surface area contributed by atoms with Crippen molar-refractivity contribution in [1.82, 2.24) is 4.72 Å². The number of rotatable bonds is 6. The third kappa shape index (κ3) is 3.97. The molecule has 0 aliphatic rings. The van der Waals surface area contributed by atoms with Gasteiger partial charge in [-0.05, 0) is 30.7 Å².